The molecule has 0 saturated carbocycles. The molecule has 0 bridgehead atoms. The van der Waals surface area contributed by atoms with E-state index in [9.17, 15) is 8.78 Å². The van der Waals surface area contributed by atoms with Gasteiger partial charge in [-0.15, -0.1) is 0 Å². The minimum absolute atomic E-state index is 0.230. The van der Waals surface area contributed by atoms with E-state index in [1.54, 1.807) is 7.11 Å². The van der Waals surface area contributed by atoms with Crippen LogP contribution in [0.2, 0.25) is 0 Å². The molecule has 1 aromatic rings. The molecule has 0 amide bonds. The lowest BCUT2D eigenvalue weighted by molar-refractivity contribution is 0.169. The van der Waals surface area contributed by atoms with E-state index < -0.39 is 11.6 Å². The molecule has 96 valence electrons. The Kier molecular flexibility index (Phi) is 5.86. The highest BCUT2D eigenvalue weighted by molar-refractivity contribution is 5.23. The number of rotatable bonds is 7. The molecule has 1 unspecified atom stereocenters. The zero-order valence-corrected chi connectivity index (χ0v) is 10.0. The maximum atomic E-state index is 12.8. The van der Waals surface area contributed by atoms with Gasteiger partial charge in [-0.1, -0.05) is 0 Å². The van der Waals surface area contributed by atoms with Crippen LogP contribution in [0, 0.1) is 11.6 Å². The van der Waals surface area contributed by atoms with E-state index in [2.05, 4.69) is 5.32 Å². The summed E-state index contributed by atoms with van der Waals surface area (Å²) in [5.41, 5.74) is 0. The Hall–Kier alpha value is -1.20. The molecule has 0 aromatic heterocycles. The molecule has 1 rings (SSSR count). The fourth-order valence-electron chi connectivity index (χ4n) is 1.35. The molecular weight excluding hydrogens is 228 g/mol. The van der Waals surface area contributed by atoms with Gasteiger partial charge in [0.2, 0.25) is 0 Å². The lowest BCUT2D eigenvalue weighted by atomic mass is 10.3. The van der Waals surface area contributed by atoms with E-state index in [1.807, 2.05) is 6.92 Å². The fraction of sp³-hybridized carbons (Fsp3) is 0.500. The second-order valence-electron chi connectivity index (χ2n) is 3.73. The quantitative estimate of drug-likeness (QED) is 0.745. The van der Waals surface area contributed by atoms with Crippen molar-refractivity contribution in [1.29, 1.82) is 0 Å². The van der Waals surface area contributed by atoms with Crippen LogP contribution in [0.5, 0.6) is 5.75 Å². The molecule has 17 heavy (non-hydrogen) atoms. The van der Waals surface area contributed by atoms with Crippen molar-refractivity contribution in [3.63, 3.8) is 0 Å². The van der Waals surface area contributed by atoms with Crippen molar-refractivity contribution in [3.05, 3.63) is 29.8 Å². The van der Waals surface area contributed by atoms with Gasteiger partial charge in [0.15, 0.2) is 11.6 Å². The first-order valence-corrected chi connectivity index (χ1v) is 5.43. The van der Waals surface area contributed by atoms with Crippen LogP contribution in [0.3, 0.4) is 0 Å². The van der Waals surface area contributed by atoms with E-state index in [4.69, 9.17) is 9.47 Å². The van der Waals surface area contributed by atoms with E-state index in [1.165, 1.54) is 6.07 Å². The molecule has 5 heteroatoms. The van der Waals surface area contributed by atoms with E-state index >= 15 is 0 Å². The van der Waals surface area contributed by atoms with Gasteiger partial charge in [-0.05, 0) is 19.1 Å². The lowest BCUT2D eigenvalue weighted by Gasteiger charge is -2.13. The van der Waals surface area contributed by atoms with E-state index in [-0.39, 0.29) is 6.04 Å². The number of methoxy groups -OCH3 is 1. The molecule has 0 aliphatic rings. The zero-order valence-electron chi connectivity index (χ0n) is 10.0. The van der Waals surface area contributed by atoms with Gasteiger partial charge in [-0.3, -0.25) is 0 Å². The number of hydrogen-bond acceptors (Lipinski definition) is 3. The predicted molar refractivity (Wildman–Crippen MR) is 61.2 cm³/mol. The minimum atomic E-state index is -0.900. The van der Waals surface area contributed by atoms with Gasteiger partial charge in [0.25, 0.3) is 0 Å². The topological polar surface area (TPSA) is 30.5 Å². The number of ether oxygens (including phenoxy) is 2. The fourth-order valence-corrected chi connectivity index (χ4v) is 1.35. The number of hydrogen-bond donors (Lipinski definition) is 1. The Morgan fingerprint density at radius 2 is 2.06 bits per heavy atom. The van der Waals surface area contributed by atoms with Crippen molar-refractivity contribution in [2.45, 2.75) is 13.0 Å². The van der Waals surface area contributed by atoms with Crippen LogP contribution in [0.25, 0.3) is 0 Å². The third kappa shape index (κ3) is 5.10. The molecule has 1 N–H and O–H groups in total. The SMILES string of the molecule is COCC(C)NCCOc1ccc(F)c(F)c1. The molecule has 0 spiro atoms. The molecule has 0 saturated heterocycles. The highest BCUT2D eigenvalue weighted by Gasteiger charge is 2.03. The highest BCUT2D eigenvalue weighted by Crippen LogP contribution is 2.14. The van der Waals surface area contributed by atoms with Crippen LogP contribution >= 0.6 is 0 Å². The number of nitrogens with one attached hydrogen (secondary N) is 1. The molecule has 0 aliphatic heterocycles. The average Bonchev–Trinajstić information content (AvgIpc) is 2.29. The summed E-state index contributed by atoms with van der Waals surface area (Å²) >= 11 is 0. The molecule has 0 fully saturated rings. The van der Waals surface area contributed by atoms with E-state index in [0.717, 1.165) is 12.1 Å². The Bertz CT molecular complexity index is 347. The monoisotopic (exact) mass is 245 g/mol. The van der Waals surface area contributed by atoms with Crippen LogP contribution in [0.1, 0.15) is 6.92 Å². The average molecular weight is 245 g/mol. The van der Waals surface area contributed by atoms with Gasteiger partial charge in [0.1, 0.15) is 12.4 Å². The molecule has 0 radical (unpaired) electrons. The summed E-state index contributed by atoms with van der Waals surface area (Å²) in [6.07, 6.45) is 0. The smallest absolute Gasteiger partial charge is 0.162 e. The first kappa shape index (κ1) is 13.9. The molecule has 0 aliphatic carbocycles. The molecule has 1 atom stereocenters. The van der Waals surface area contributed by atoms with Crippen molar-refractivity contribution in [1.82, 2.24) is 5.32 Å². The summed E-state index contributed by atoms with van der Waals surface area (Å²) in [5, 5.41) is 3.16. The third-order valence-corrected chi connectivity index (χ3v) is 2.17. The molecule has 3 nitrogen and oxygen atoms in total. The summed E-state index contributed by atoms with van der Waals surface area (Å²) in [6.45, 7) is 3.61. The van der Waals surface area contributed by atoms with Gasteiger partial charge < -0.3 is 14.8 Å². The maximum Gasteiger partial charge on any atom is 0.162 e. The van der Waals surface area contributed by atoms with Crippen LogP contribution in [-0.4, -0.2) is 32.9 Å². The van der Waals surface area contributed by atoms with Crippen LogP contribution in [0.15, 0.2) is 18.2 Å². The minimum Gasteiger partial charge on any atom is -0.492 e. The number of halogens is 2. The van der Waals surface area contributed by atoms with Gasteiger partial charge in [0, 0.05) is 25.8 Å². The second-order valence-corrected chi connectivity index (χ2v) is 3.73. The lowest BCUT2D eigenvalue weighted by Crippen LogP contribution is -2.33. The first-order valence-electron chi connectivity index (χ1n) is 5.43. The van der Waals surface area contributed by atoms with Gasteiger partial charge in [-0.2, -0.15) is 0 Å². The van der Waals surface area contributed by atoms with Crippen LogP contribution in [0.4, 0.5) is 8.78 Å². The summed E-state index contributed by atoms with van der Waals surface area (Å²) in [7, 11) is 1.63. The number of benzene rings is 1. The summed E-state index contributed by atoms with van der Waals surface area (Å²) in [6, 6.07) is 3.71. The summed E-state index contributed by atoms with van der Waals surface area (Å²) < 4.78 is 35.7. The molecular formula is C12H17F2NO2. The zero-order chi connectivity index (χ0) is 12.7. The Labute approximate surface area is 99.7 Å². The van der Waals surface area contributed by atoms with Crippen molar-refractivity contribution in [2.75, 3.05) is 26.9 Å². The van der Waals surface area contributed by atoms with Gasteiger partial charge in [-0.25, -0.2) is 8.78 Å². The Morgan fingerprint density at radius 3 is 2.71 bits per heavy atom. The van der Waals surface area contributed by atoms with E-state index in [0.29, 0.717) is 25.5 Å². The normalized spacial score (nSPS) is 12.5. The highest BCUT2D eigenvalue weighted by atomic mass is 19.2. The van der Waals surface area contributed by atoms with Gasteiger partial charge >= 0.3 is 0 Å². The standard InChI is InChI=1S/C12H17F2NO2/c1-9(8-16-2)15-5-6-17-10-3-4-11(13)12(14)7-10/h3-4,7,9,15H,5-6,8H2,1-2H3. The largest absolute Gasteiger partial charge is 0.492 e. The predicted octanol–water partition coefficient (Wildman–Crippen LogP) is 1.97. The molecule has 1 aromatic carbocycles. The first-order chi connectivity index (χ1) is 8.13. The second kappa shape index (κ2) is 7.19. The summed E-state index contributed by atoms with van der Waals surface area (Å²) in [5.74, 6) is -1.45. The van der Waals surface area contributed by atoms with Crippen molar-refractivity contribution < 1.29 is 18.3 Å². The Balaban J connectivity index is 2.24. The van der Waals surface area contributed by atoms with Crippen LogP contribution in [-0.2, 0) is 4.74 Å². The van der Waals surface area contributed by atoms with Gasteiger partial charge in [0.05, 0.1) is 6.61 Å². The van der Waals surface area contributed by atoms with Crippen molar-refractivity contribution in [2.24, 2.45) is 0 Å². The summed E-state index contributed by atoms with van der Waals surface area (Å²) in [4.78, 5) is 0. The Morgan fingerprint density at radius 1 is 1.29 bits per heavy atom. The third-order valence-electron chi connectivity index (χ3n) is 2.17. The molecule has 0 heterocycles. The maximum absolute atomic E-state index is 12.8. The van der Waals surface area contributed by atoms with Crippen molar-refractivity contribution in [3.8, 4) is 5.75 Å². The van der Waals surface area contributed by atoms with Crippen molar-refractivity contribution >= 4 is 0 Å². The van der Waals surface area contributed by atoms with Crippen LogP contribution < -0.4 is 10.1 Å².